The van der Waals surface area contributed by atoms with Crippen molar-refractivity contribution in [3.8, 4) is 5.75 Å². The molecule has 2 rings (SSSR count). The fourth-order valence-electron chi connectivity index (χ4n) is 3.38. The Morgan fingerprint density at radius 2 is 2.00 bits per heavy atom. The highest BCUT2D eigenvalue weighted by Crippen LogP contribution is 2.23. The summed E-state index contributed by atoms with van der Waals surface area (Å²) in [4.78, 5) is 4.71. The Hall–Kier alpha value is -0.830. The molecule has 0 aliphatic heterocycles. The molecule has 3 atom stereocenters. The van der Waals surface area contributed by atoms with E-state index in [-0.39, 0.29) is 24.0 Å². The first-order valence-electron chi connectivity index (χ1n) is 10.3. The zero-order chi connectivity index (χ0) is 19.3. The molecular formula is C21H36IN3O2S. The minimum absolute atomic E-state index is 0. The number of rotatable bonds is 10. The van der Waals surface area contributed by atoms with Crippen LogP contribution in [-0.2, 0) is 10.8 Å². The van der Waals surface area contributed by atoms with Crippen LogP contribution in [0.5, 0.6) is 5.75 Å². The number of ether oxygens (including phenoxy) is 1. The smallest absolute Gasteiger partial charge is 0.191 e. The standard InChI is InChI=1S/C21H35N3O2S.HI/c1-3-22-21(24-18-11-10-14-20(17-18)27(25)4-2)23-15-8-9-16-26-19-12-6-5-7-13-19;/h5-7,12-13,18,20H,3-4,8-11,14-17H2,1-2H3,(H2,22,23,24);1H. The summed E-state index contributed by atoms with van der Waals surface area (Å²) in [6.07, 6.45) is 6.33. The topological polar surface area (TPSA) is 62.7 Å². The van der Waals surface area contributed by atoms with Crippen molar-refractivity contribution in [2.45, 2.75) is 63.7 Å². The SMILES string of the molecule is CCNC(=NCCCCOc1ccccc1)NC1CCCC(S(=O)CC)C1.I. The molecule has 1 aromatic carbocycles. The lowest BCUT2D eigenvalue weighted by Gasteiger charge is -2.30. The third-order valence-electron chi connectivity index (χ3n) is 4.80. The lowest BCUT2D eigenvalue weighted by molar-refractivity contribution is 0.308. The quantitative estimate of drug-likeness (QED) is 0.211. The van der Waals surface area contributed by atoms with E-state index in [0.29, 0.717) is 11.3 Å². The molecular weight excluding hydrogens is 485 g/mol. The molecule has 1 aromatic rings. The molecule has 160 valence electrons. The predicted molar refractivity (Wildman–Crippen MR) is 130 cm³/mol. The van der Waals surface area contributed by atoms with Crippen molar-refractivity contribution in [2.75, 3.05) is 25.4 Å². The minimum atomic E-state index is -0.692. The first-order valence-corrected chi connectivity index (χ1v) is 11.7. The molecule has 1 saturated carbocycles. The molecule has 0 bridgehead atoms. The molecule has 1 fully saturated rings. The van der Waals surface area contributed by atoms with Gasteiger partial charge in [0.25, 0.3) is 0 Å². The van der Waals surface area contributed by atoms with Gasteiger partial charge in [0.05, 0.1) is 6.61 Å². The van der Waals surface area contributed by atoms with Crippen LogP contribution < -0.4 is 15.4 Å². The van der Waals surface area contributed by atoms with Gasteiger partial charge in [-0.25, -0.2) is 0 Å². The van der Waals surface area contributed by atoms with E-state index in [9.17, 15) is 4.21 Å². The Bertz CT molecular complexity index is 586. The zero-order valence-corrected chi connectivity index (χ0v) is 20.3. The molecule has 0 heterocycles. The van der Waals surface area contributed by atoms with E-state index >= 15 is 0 Å². The van der Waals surface area contributed by atoms with E-state index in [4.69, 9.17) is 9.73 Å². The molecule has 0 spiro atoms. The summed E-state index contributed by atoms with van der Waals surface area (Å²) in [5.74, 6) is 2.57. The van der Waals surface area contributed by atoms with Crippen LogP contribution in [0, 0.1) is 0 Å². The van der Waals surface area contributed by atoms with Crippen LogP contribution in [0.15, 0.2) is 35.3 Å². The fraction of sp³-hybridized carbons (Fsp3) is 0.667. The molecule has 0 saturated heterocycles. The Morgan fingerprint density at radius 1 is 1.21 bits per heavy atom. The van der Waals surface area contributed by atoms with E-state index < -0.39 is 10.8 Å². The first kappa shape index (κ1) is 25.2. The van der Waals surface area contributed by atoms with Gasteiger partial charge in [-0.3, -0.25) is 9.20 Å². The van der Waals surface area contributed by atoms with Gasteiger partial charge in [-0.2, -0.15) is 0 Å². The monoisotopic (exact) mass is 521 g/mol. The molecule has 1 aliphatic carbocycles. The number of benzene rings is 1. The summed E-state index contributed by atoms with van der Waals surface area (Å²) in [6, 6.07) is 10.3. The Balaban J connectivity index is 0.00000392. The predicted octanol–water partition coefficient (Wildman–Crippen LogP) is 4.10. The Kier molecular flexibility index (Phi) is 13.6. The fourth-order valence-corrected chi connectivity index (χ4v) is 4.72. The maximum Gasteiger partial charge on any atom is 0.191 e. The van der Waals surface area contributed by atoms with E-state index in [2.05, 4.69) is 17.6 Å². The summed E-state index contributed by atoms with van der Waals surface area (Å²) in [7, 11) is -0.692. The number of para-hydroxylation sites is 1. The largest absolute Gasteiger partial charge is 0.494 e. The summed E-state index contributed by atoms with van der Waals surface area (Å²) in [6.45, 7) is 6.45. The molecule has 2 N–H and O–H groups in total. The van der Waals surface area contributed by atoms with Crippen LogP contribution in [-0.4, -0.2) is 46.9 Å². The van der Waals surface area contributed by atoms with Gasteiger partial charge in [-0.05, 0) is 51.2 Å². The van der Waals surface area contributed by atoms with Crippen LogP contribution in [0.1, 0.15) is 52.4 Å². The third-order valence-corrected chi connectivity index (χ3v) is 6.54. The number of nitrogens with one attached hydrogen (secondary N) is 2. The van der Waals surface area contributed by atoms with Crippen molar-refractivity contribution in [3.63, 3.8) is 0 Å². The lowest BCUT2D eigenvalue weighted by Crippen LogP contribution is -2.46. The number of hydrogen-bond donors (Lipinski definition) is 2. The average Bonchev–Trinajstić information content (AvgIpc) is 2.71. The van der Waals surface area contributed by atoms with E-state index in [1.807, 2.05) is 37.3 Å². The van der Waals surface area contributed by atoms with Gasteiger partial charge in [-0.1, -0.05) is 31.5 Å². The van der Waals surface area contributed by atoms with Crippen LogP contribution in [0.3, 0.4) is 0 Å². The molecule has 5 nitrogen and oxygen atoms in total. The highest BCUT2D eigenvalue weighted by atomic mass is 127. The van der Waals surface area contributed by atoms with E-state index in [0.717, 1.165) is 75.7 Å². The van der Waals surface area contributed by atoms with Gasteiger partial charge in [0.15, 0.2) is 5.96 Å². The van der Waals surface area contributed by atoms with Crippen LogP contribution >= 0.6 is 24.0 Å². The Morgan fingerprint density at radius 3 is 2.71 bits per heavy atom. The first-order chi connectivity index (χ1) is 13.2. The third kappa shape index (κ3) is 9.58. The molecule has 0 amide bonds. The molecule has 7 heteroatoms. The molecule has 0 radical (unpaired) electrons. The van der Waals surface area contributed by atoms with Crippen molar-refractivity contribution in [3.05, 3.63) is 30.3 Å². The van der Waals surface area contributed by atoms with Gasteiger partial charge in [0, 0.05) is 40.9 Å². The van der Waals surface area contributed by atoms with Crippen LogP contribution in [0.2, 0.25) is 0 Å². The van der Waals surface area contributed by atoms with Gasteiger partial charge in [0.1, 0.15) is 5.75 Å². The number of unbranched alkanes of at least 4 members (excludes halogenated alkanes) is 1. The number of aliphatic imine (C=N–C) groups is 1. The molecule has 1 aliphatic rings. The van der Waals surface area contributed by atoms with E-state index in [1.54, 1.807) is 0 Å². The van der Waals surface area contributed by atoms with Crippen molar-refractivity contribution in [1.82, 2.24) is 10.6 Å². The van der Waals surface area contributed by atoms with Crippen LogP contribution in [0.4, 0.5) is 0 Å². The number of nitrogens with zero attached hydrogens (tertiary/aromatic N) is 1. The molecule has 3 unspecified atom stereocenters. The number of hydrogen-bond acceptors (Lipinski definition) is 3. The Labute approximate surface area is 190 Å². The maximum absolute atomic E-state index is 12.1. The highest BCUT2D eigenvalue weighted by molar-refractivity contribution is 14.0. The zero-order valence-electron chi connectivity index (χ0n) is 17.2. The maximum atomic E-state index is 12.1. The van der Waals surface area contributed by atoms with Gasteiger partial charge in [0.2, 0.25) is 0 Å². The van der Waals surface area contributed by atoms with Crippen molar-refractivity contribution >= 4 is 40.7 Å². The summed E-state index contributed by atoms with van der Waals surface area (Å²) < 4.78 is 17.8. The number of guanidine groups is 1. The van der Waals surface area contributed by atoms with Gasteiger partial charge < -0.3 is 15.4 Å². The average molecular weight is 522 g/mol. The lowest BCUT2D eigenvalue weighted by atomic mass is 9.95. The minimum Gasteiger partial charge on any atom is -0.494 e. The van der Waals surface area contributed by atoms with Gasteiger partial charge >= 0.3 is 0 Å². The van der Waals surface area contributed by atoms with E-state index in [1.165, 1.54) is 0 Å². The van der Waals surface area contributed by atoms with Gasteiger partial charge in [-0.15, -0.1) is 24.0 Å². The van der Waals surface area contributed by atoms with Crippen molar-refractivity contribution in [1.29, 1.82) is 0 Å². The number of halogens is 1. The second-order valence-corrected chi connectivity index (χ2v) is 8.93. The van der Waals surface area contributed by atoms with Crippen molar-refractivity contribution < 1.29 is 8.95 Å². The molecule has 28 heavy (non-hydrogen) atoms. The second-order valence-electron chi connectivity index (χ2n) is 6.93. The van der Waals surface area contributed by atoms with Crippen molar-refractivity contribution in [2.24, 2.45) is 4.99 Å². The summed E-state index contributed by atoms with van der Waals surface area (Å²) >= 11 is 0. The second kappa shape index (κ2) is 15.1. The molecule has 0 aromatic heterocycles. The normalized spacial score (nSPS) is 20.7. The van der Waals surface area contributed by atoms with Crippen LogP contribution in [0.25, 0.3) is 0 Å². The highest BCUT2D eigenvalue weighted by Gasteiger charge is 2.25. The summed E-state index contributed by atoms with van der Waals surface area (Å²) in [5, 5.41) is 7.22. The summed E-state index contributed by atoms with van der Waals surface area (Å²) in [5.41, 5.74) is 0.